The minimum atomic E-state index is -0.117. The van der Waals surface area contributed by atoms with Gasteiger partial charge in [-0.2, -0.15) is 0 Å². The number of carbonyl (C=O) groups excluding carboxylic acids is 1. The first-order chi connectivity index (χ1) is 12.1. The number of anilines is 1. The zero-order valence-corrected chi connectivity index (χ0v) is 15.9. The first kappa shape index (κ1) is 17.9. The average Bonchev–Trinajstić information content (AvgIpc) is 3.04. The Bertz CT molecular complexity index is 848. The van der Waals surface area contributed by atoms with E-state index in [1.165, 1.54) is 22.5 Å². The average molecular weight is 390 g/mol. The fourth-order valence-electron chi connectivity index (χ4n) is 2.10. The van der Waals surface area contributed by atoms with Gasteiger partial charge in [0.1, 0.15) is 0 Å². The molecule has 0 unspecified atom stereocenters. The molecule has 0 saturated carbocycles. The summed E-state index contributed by atoms with van der Waals surface area (Å²) < 4.78 is 0.836. The Balaban J connectivity index is 1.51. The third-order valence-corrected chi connectivity index (χ3v) is 5.71. The Labute approximate surface area is 159 Å². The van der Waals surface area contributed by atoms with Crippen molar-refractivity contribution < 1.29 is 4.79 Å². The molecule has 7 heteroatoms. The standard InChI is InChI=1S/C18H16ClN3OS2/c1-12-2-4-14(5-3-12)11-24-18-22-21-17(25-18)20-16(23)10-13-6-8-15(19)9-7-13/h2-9H,10-11H2,1H3,(H,20,21,23). The number of hydrogen-bond donors (Lipinski definition) is 1. The molecule has 4 nitrogen and oxygen atoms in total. The molecule has 2 aromatic carbocycles. The van der Waals surface area contributed by atoms with Gasteiger partial charge in [-0.1, -0.05) is 76.7 Å². The number of amides is 1. The molecule has 0 aliphatic carbocycles. The van der Waals surface area contributed by atoms with Crippen molar-refractivity contribution in [3.05, 3.63) is 70.2 Å². The maximum absolute atomic E-state index is 12.1. The van der Waals surface area contributed by atoms with Gasteiger partial charge in [0, 0.05) is 10.8 Å². The van der Waals surface area contributed by atoms with Crippen LogP contribution in [0.4, 0.5) is 5.13 Å². The molecule has 0 radical (unpaired) electrons. The molecule has 25 heavy (non-hydrogen) atoms. The third-order valence-electron chi connectivity index (χ3n) is 3.41. The van der Waals surface area contributed by atoms with E-state index < -0.39 is 0 Å². The van der Waals surface area contributed by atoms with E-state index in [-0.39, 0.29) is 12.3 Å². The lowest BCUT2D eigenvalue weighted by Gasteiger charge is -2.01. The quantitative estimate of drug-likeness (QED) is 0.477. The molecule has 0 bridgehead atoms. The van der Waals surface area contributed by atoms with Crippen LogP contribution in [-0.4, -0.2) is 16.1 Å². The second kappa shape index (κ2) is 8.47. The van der Waals surface area contributed by atoms with Crippen LogP contribution in [0.1, 0.15) is 16.7 Å². The lowest BCUT2D eigenvalue weighted by atomic mass is 10.1. The molecule has 3 aromatic rings. The van der Waals surface area contributed by atoms with E-state index >= 15 is 0 Å². The molecule has 1 aromatic heterocycles. The van der Waals surface area contributed by atoms with E-state index in [9.17, 15) is 4.79 Å². The summed E-state index contributed by atoms with van der Waals surface area (Å²) in [5.74, 6) is 0.710. The van der Waals surface area contributed by atoms with Gasteiger partial charge in [-0.15, -0.1) is 10.2 Å². The van der Waals surface area contributed by atoms with Gasteiger partial charge in [0.15, 0.2) is 4.34 Å². The molecule has 0 saturated heterocycles. The summed E-state index contributed by atoms with van der Waals surface area (Å²) in [5, 5.41) is 12.1. The molecule has 0 atom stereocenters. The largest absolute Gasteiger partial charge is 0.300 e. The van der Waals surface area contributed by atoms with Gasteiger partial charge in [0.25, 0.3) is 0 Å². The summed E-state index contributed by atoms with van der Waals surface area (Å²) >= 11 is 8.84. The smallest absolute Gasteiger partial charge is 0.230 e. The normalized spacial score (nSPS) is 10.6. The number of aromatic nitrogens is 2. The second-order valence-electron chi connectivity index (χ2n) is 5.50. The molecule has 0 aliphatic heterocycles. The van der Waals surface area contributed by atoms with Crippen molar-refractivity contribution in [3.8, 4) is 0 Å². The van der Waals surface area contributed by atoms with Crippen LogP contribution in [0.15, 0.2) is 52.9 Å². The van der Waals surface area contributed by atoms with Crippen LogP contribution in [0.2, 0.25) is 5.02 Å². The molecule has 0 spiro atoms. The van der Waals surface area contributed by atoms with Gasteiger partial charge in [0.05, 0.1) is 6.42 Å². The van der Waals surface area contributed by atoms with Crippen LogP contribution in [-0.2, 0) is 17.0 Å². The van der Waals surface area contributed by atoms with Gasteiger partial charge < -0.3 is 5.32 Å². The molecule has 0 fully saturated rings. The Morgan fingerprint density at radius 2 is 1.76 bits per heavy atom. The molecule has 1 heterocycles. The Hall–Kier alpha value is -1.89. The monoisotopic (exact) mass is 389 g/mol. The number of nitrogens with zero attached hydrogens (tertiary/aromatic N) is 2. The minimum absolute atomic E-state index is 0.117. The molecule has 1 amide bonds. The number of halogens is 1. The highest BCUT2D eigenvalue weighted by Crippen LogP contribution is 2.28. The van der Waals surface area contributed by atoms with E-state index in [1.807, 2.05) is 12.1 Å². The van der Waals surface area contributed by atoms with Crippen molar-refractivity contribution in [2.24, 2.45) is 0 Å². The lowest BCUT2D eigenvalue weighted by Crippen LogP contribution is -2.14. The fourth-order valence-corrected chi connectivity index (χ4v) is 3.95. The highest BCUT2D eigenvalue weighted by molar-refractivity contribution is 8.00. The Morgan fingerprint density at radius 3 is 2.48 bits per heavy atom. The van der Waals surface area contributed by atoms with Gasteiger partial charge in [-0.05, 0) is 30.2 Å². The topological polar surface area (TPSA) is 54.9 Å². The van der Waals surface area contributed by atoms with Gasteiger partial charge in [-0.3, -0.25) is 4.79 Å². The summed E-state index contributed by atoms with van der Waals surface area (Å²) in [6.45, 7) is 2.07. The third kappa shape index (κ3) is 5.56. The molecule has 1 N–H and O–H groups in total. The predicted octanol–water partition coefficient (Wildman–Crippen LogP) is 4.97. The summed E-state index contributed by atoms with van der Waals surface area (Å²) in [5.41, 5.74) is 3.38. The first-order valence-electron chi connectivity index (χ1n) is 7.64. The Morgan fingerprint density at radius 1 is 1.08 bits per heavy atom. The minimum Gasteiger partial charge on any atom is -0.300 e. The van der Waals surface area contributed by atoms with Crippen LogP contribution in [0.25, 0.3) is 0 Å². The maximum Gasteiger partial charge on any atom is 0.230 e. The summed E-state index contributed by atoms with van der Waals surface area (Å²) in [7, 11) is 0. The maximum atomic E-state index is 12.1. The highest BCUT2D eigenvalue weighted by atomic mass is 35.5. The molecule has 0 aliphatic rings. The van der Waals surface area contributed by atoms with Gasteiger partial charge in [-0.25, -0.2) is 0 Å². The summed E-state index contributed by atoms with van der Waals surface area (Å²) in [4.78, 5) is 12.1. The second-order valence-corrected chi connectivity index (χ2v) is 8.14. The van der Waals surface area contributed by atoms with Crippen LogP contribution in [0.5, 0.6) is 0 Å². The SMILES string of the molecule is Cc1ccc(CSc2nnc(NC(=O)Cc3ccc(Cl)cc3)s2)cc1. The Kier molecular flexibility index (Phi) is 6.07. The zero-order valence-electron chi connectivity index (χ0n) is 13.5. The van der Waals surface area contributed by atoms with E-state index in [4.69, 9.17) is 11.6 Å². The van der Waals surface area contributed by atoms with Crippen LogP contribution in [0, 0.1) is 6.92 Å². The molecular formula is C18H16ClN3OS2. The summed E-state index contributed by atoms with van der Waals surface area (Å²) in [6.07, 6.45) is 0.280. The van der Waals surface area contributed by atoms with Crippen molar-refractivity contribution >= 4 is 45.7 Å². The summed E-state index contributed by atoms with van der Waals surface area (Å²) in [6, 6.07) is 15.6. The van der Waals surface area contributed by atoms with E-state index in [0.29, 0.717) is 10.2 Å². The van der Waals surface area contributed by atoms with Crippen molar-refractivity contribution in [1.82, 2.24) is 10.2 Å². The van der Waals surface area contributed by atoms with Crippen molar-refractivity contribution in [3.63, 3.8) is 0 Å². The van der Waals surface area contributed by atoms with Crippen molar-refractivity contribution in [1.29, 1.82) is 0 Å². The number of aryl methyl sites for hydroxylation is 1. The lowest BCUT2D eigenvalue weighted by molar-refractivity contribution is -0.115. The molecule has 3 rings (SSSR count). The predicted molar refractivity (Wildman–Crippen MR) is 104 cm³/mol. The first-order valence-corrected chi connectivity index (χ1v) is 9.82. The van der Waals surface area contributed by atoms with Gasteiger partial charge in [0.2, 0.25) is 11.0 Å². The van der Waals surface area contributed by atoms with Crippen LogP contribution >= 0.6 is 34.7 Å². The molecular weight excluding hydrogens is 374 g/mol. The van der Waals surface area contributed by atoms with E-state index in [0.717, 1.165) is 15.7 Å². The van der Waals surface area contributed by atoms with Gasteiger partial charge >= 0.3 is 0 Å². The highest BCUT2D eigenvalue weighted by Gasteiger charge is 2.09. The van der Waals surface area contributed by atoms with Crippen molar-refractivity contribution in [2.45, 2.75) is 23.4 Å². The van der Waals surface area contributed by atoms with E-state index in [1.54, 1.807) is 23.9 Å². The van der Waals surface area contributed by atoms with Crippen molar-refractivity contribution in [2.75, 3.05) is 5.32 Å². The number of carbonyl (C=O) groups is 1. The number of rotatable bonds is 6. The number of hydrogen-bond acceptors (Lipinski definition) is 5. The number of thioether (sulfide) groups is 1. The van der Waals surface area contributed by atoms with Crippen LogP contribution < -0.4 is 5.32 Å². The van der Waals surface area contributed by atoms with E-state index in [2.05, 4.69) is 46.7 Å². The zero-order chi connectivity index (χ0) is 17.6. The molecule has 128 valence electrons. The fraction of sp³-hybridized carbons (Fsp3) is 0.167. The number of nitrogens with one attached hydrogen (secondary N) is 1. The number of benzene rings is 2. The van der Waals surface area contributed by atoms with Crippen LogP contribution in [0.3, 0.4) is 0 Å².